The summed E-state index contributed by atoms with van der Waals surface area (Å²) >= 11 is 0. The van der Waals surface area contributed by atoms with E-state index in [1.165, 1.54) is 5.69 Å². The van der Waals surface area contributed by atoms with Gasteiger partial charge >= 0.3 is 0 Å². The lowest BCUT2D eigenvalue weighted by Gasteiger charge is -2.11. The van der Waals surface area contributed by atoms with Crippen molar-refractivity contribution >= 4 is 0 Å². The summed E-state index contributed by atoms with van der Waals surface area (Å²) in [5.41, 5.74) is 1.20. The monoisotopic (exact) mass is 259 g/mol. The first-order valence-electron chi connectivity index (χ1n) is 6.71. The summed E-state index contributed by atoms with van der Waals surface area (Å²) in [5.74, 6) is 1.94. The smallest absolute Gasteiger partial charge is 0.119 e. The molecule has 2 aromatic rings. The number of imidazole rings is 1. The summed E-state index contributed by atoms with van der Waals surface area (Å²) in [6.45, 7) is 7.42. The van der Waals surface area contributed by atoms with E-state index < -0.39 is 0 Å². The Morgan fingerprint density at radius 1 is 1.26 bits per heavy atom. The minimum absolute atomic E-state index is 0.653. The fourth-order valence-electron chi connectivity index (χ4n) is 1.99. The average molecular weight is 259 g/mol. The number of nitrogens with one attached hydrogen (secondary N) is 1. The number of hydrogen-bond donors (Lipinski definition) is 1. The van der Waals surface area contributed by atoms with Crippen molar-refractivity contribution in [3.63, 3.8) is 0 Å². The van der Waals surface area contributed by atoms with Gasteiger partial charge in [0.2, 0.25) is 0 Å². The third kappa shape index (κ3) is 3.83. The van der Waals surface area contributed by atoms with Crippen molar-refractivity contribution in [2.75, 3.05) is 13.2 Å². The molecule has 1 aromatic heterocycles. The molecule has 4 heteroatoms. The molecule has 102 valence electrons. The number of para-hydroxylation sites is 1. The Labute approximate surface area is 114 Å². The summed E-state index contributed by atoms with van der Waals surface area (Å²) < 4.78 is 7.92. The van der Waals surface area contributed by atoms with Crippen LogP contribution in [0.15, 0.2) is 36.5 Å². The van der Waals surface area contributed by atoms with Crippen LogP contribution in [0.3, 0.4) is 0 Å². The molecule has 19 heavy (non-hydrogen) atoms. The van der Waals surface area contributed by atoms with E-state index in [0.29, 0.717) is 6.61 Å². The minimum Gasteiger partial charge on any atom is -0.492 e. The van der Waals surface area contributed by atoms with Crippen LogP contribution >= 0.6 is 0 Å². The van der Waals surface area contributed by atoms with Crippen LogP contribution in [0.4, 0.5) is 0 Å². The topological polar surface area (TPSA) is 39.1 Å². The summed E-state index contributed by atoms with van der Waals surface area (Å²) in [6, 6.07) is 9.89. The van der Waals surface area contributed by atoms with Gasteiger partial charge in [-0.2, -0.15) is 0 Å². The second-order valence-corrected chi connectivity index (χ2v) is 4.39. The molecule has 0 atom stereocenters. The maximum Gasteiger partial charge on any atom is 0.119 e. The van der Waals surface area contributed by atoms with E-state index in [0.717, 1.165) is 31.2 Å². The van der Waals surface area contributed by atoms with E-state index in [2.05, 4.69) is 21.8 Å². The molecule has 2 rings (SSSR count). The fourth-order valence-corrected chi connectivity index (χ4v) is 1.99. The number of ether oxygens (including phenoxy) is 1. The highest BCUT2D eigenvalue weighted by molar-refractivity contribution is 5.20. The molecule has 1 heterocycles. The van der Waals surface area contributed by atoms with Crippen LogP contribution in [0.5, 0.6) is 5.75 Å². The second-order valence-electron chi connectivity index (χ2n) is 4.39. The zero-order valence-electron chi connectivity index (χ0n) is 11.6. The number of benzene rings is 1. The molecule has 0 aliphatic heterocycles. The van der Waals surface area contributed by atoms with Crippen molar-refractivity contribution in [1.29, 1.82) is 0 Å². The average Bonchev–Trinajstić information content (AvgIpc) is 2.79. The standard InChI is InChI=1S/C15H21N3O/c1-3-16-11-14-12-17-13(2)18(14)9-10-19-15-7-5-4-6-8-15/h4-8,12,16H,3,9-11H2,1-2H3. The van der Waals surface area contributed by atoms with Crippen molar-refractivity contribution < 1.29 is 4.74 Å². The van der Waals surface area contributed by atoms with E-state index in [4.69, 9.17) is 4.74 Å². The highest BCUT2D eigenvalue weighted by Gasteiger charge is 2.05. The third-order valence-corrected chi connectivity index (χ3v) is 3.02. The van der Waals surface area contributed by atoms with Crippen molar-refractivity contribution in [1.82, 2.24) is 14.9 Å². The molecule has 0 fully saturated rings. The maximum absolute atomic E-state index is 5.72. The minimum atomic E-state index is 0.653. The van der Waals surface area contributed by atoms with Crippen LogP contribution in [0.25, 0.3) is 0 Å². The van der Waals surface area contributed by atoms with Gasteiger partial charge in [-0.25, -0.2) is 4.98 Å². The van der Waals surface area contributed by atoms with Crippen LogP contribution in [0, 0.1) is 6.92 Å². The summed E-state index contributed by atoms with van der Waals surface area (Å²) in [7, 11) is 0. The first-order valence-corrected chi connectivity index (χ1v) is 6.71. The van der Waals surface area contributed by atoms with Gasteiger partial charge in [0.05, 0.1) is 12.2 Å². The molecule has 4 nitrogen and oxygen atoms in total. The van der Waals surface area contributed by atoms with Gasteiger partial charge in [-0.15, -0.1) is 0 Å². The largest absolute Gasteiger partial charge is 0.492 e. The van der Waals surface area contributed by atoms with Gasteiger partial charge in [0.1, 0.15) is 18.2 Å². The van der Waals surface area contributed by atoms with Gasteiger partial charge in [-0.3, -0.25) is 0 Å². The van der Waals surface area contributed by atoms with E-state index in [9.17, 15) is 0 Å². The Balaban J connectivity index is 1.90. The SMILES string of the molecule is CCNCc1cnc(C)n1CCOc1ccccc1. The predicted molar refractivity (Wildman–Crippen MR) is 76.3 cm³/mol. The third-order valence-electron chi connectivity index (χ3n) is 3.02. The molecule has 0 amide bonds. The van der Waals surface area contributed by atoms with Crippen LogP contribution in [0.1, 0.15) is 18.4 Å². The van der Waals surface area contributed by atoms with Gasteiger partial charge in [0, 0.05) is 12.7 Å². The van der Waals surface area contributed by atoms with Gasteiger partial charge in [-0.1, -0.05) is 25.1 Å². The lowest BCUT2D eigenvalue weighted by Crippen LogP contribution is -2.18. The summed E-state index contributed by atoms with van der Waals surface area (Å²) in [5, 5.41) is 3.32. The molecular weight excluding hydrogens is 238 g/mol. The molecule has 1 N–H and O–H groups in total. The molecule has 0 spiro atoms. The van der Waals surface area contributed by atoms with Crippen molar-refractivity contribution in [3.05, 3.63) is 48.0 Å². The van der Waals surface area contributed by atoms with E-state index in [-0.39, 0.29) is 0 Å². The van der Waals surface area contributed by atoms with E-state index in [1.807, 2.05) is 43.5 Å². The van der Waals surface area contributed by atoms with Crippen molar-refractivity contribution in [2.24, 2.45) is 0 Å². The number of aromatic nitrogens is 2. The zero-order valence-corrected chi connectivity index (χ0v) is 11.6. The number of nitrogens with zero attached hydrogens (tertiary/aromatic N) is 2. The maximum atomic E-state index is 5.72. The van der Waals surface area contributed by atoms with Gasteiger partial charge in [-0.05, 0) is 25.6 Å². The van der Waals surface area contributed by atoms with E-state index in [1.54, 1.807) is 0 Å². The Bertz CT molecular complexity index is 493. The van der Waals surface area contributed by atoms with Crippen LogP contribution in [-0.4, -0.2) is 22.7 Å². The Morgan fingerprint density at radius 2 is 2.05 bits per heavy atom. The van der Waals surface area contributed by atoms with Crippen LogP contribution in [0.2, 0.25) is 0 Å². The van der Waals surface area contributed by atoms with Crippen molar-refractivity contribution in [3.8, 4) is 5.75 Å². The predicted octanol–water partition coefficient (Wildman–Crippen LogP) is 2.38. The highest BCUT2D eigenvalue weighted by Crippen LogP contribution is 2.09. The molecule has 0 saturated heterocycles. The Hall–Kier alpha value is -1.81. The lowest BCUT2D eigenvalue weighted by atomic mass is 10.3. The number of rotatable bonds is 7. The molecule has 0 radical (unpaired) electrons. The summed E-state index contributed by atoms with van der Waals surface area (Å²) in [6.07, 6.45) is 1.93. The van der Waals surface area contributed by atoms with Gasteiger partial charge in [0.15, 0.2) is 0 Å². The fraction of sp³-hybridized carbons (Fsp3) is 0.400. The normalized spacial score (nSPS) is 10.6. The molecule has 0 saturated carbocycles. The molecule has 1 aromatic carbocycles. The highest BCUT2D eigenvalue weighted by atomic mass is 16.5. The number of hydrogen-bond acceptors (Lipinski definition) is 3. The second kappa shape index (κ2) is 6.95. The molecular formula is C15H21N3O. The lowest BCUT2D eigenvalue weighted by molar-refractivity contribution is 0.295. The van der Waals surface area contributed by atoms with E-state index >= 15 is 0 Å². The number of aryl methyl sites for hydroxylation is 1. The van der Waals surface area contributed by atoms with Gasteiger partial charge in [0.25, 0.3) is 0 Å². The molecule has 0 bridgehead atoms. The molecule has 0 unspecified atom stereocenters. The van der Waals surface area contributed by atoms with Crippen LogP contribution in [-0.2, 0) is 13.1 Å². The Kier molecular flexibility index (Phi) is 4.98. The zero-order chi connectivity index (χ0) is 13.5. The quantitative estimate of drug-likeness (QED) is 0.829. The van der Waals surface area contributed by atoms with Crippen molar-refractivity contribution in [2.45, 2.75) is 26.9 Å². The van der Waals surface area contributed by atoms with Gasteiger partial charge < -0.3 is 14.6 Å². The van der Waals surface area contributed by atoms with Crippen LogP contribution < -0.4 is 10.1 Å². The molecule has 0 aliphatic rings. The first kappa shape index (κ1) is 13.6. The molecule has 0 aliphatic carbocycles. The summed E-state index contributed by atoms with van der Waals surface area (Å²) in [4.78, 5) is 4.36. The Morgan fingerprint density at radius 3 is 2.79 bits per heavy atom. The first-order chi connectivity index (χ1) is 9.31.